The minimum Gasteiger partial charge on any atom is -0.763 e. The topological polar surface area (TPSA) is 126 Å². The molecule has 0 aromatic carbocycles. The van der Waals surface area contributed by atoms with Crippen molar-refractivity contribution in [2.45, 2.75) is 80.1 Å². The molecule has 49 heavy (non-hydrogen) atoms. The Morgan fingerprint density at radius 2 is 1.41 bits per heavy atom. The Labute approximate surface area is 298 Å². The number of rotatable bonds is 9. The molecule has 9 nitrogen and oxygen atoms in total. The summed E-state index contributed by atoms with van der Waals surface area (Å²) in [7, 11) is 2.77. The number of aromatic nitrogens is 1. The molecule has 5 rings (SSSR count). The van der Waals surface area contributed by atoms with Gasteiger partial charge in [-0.2, -0.15) is 0 Å². The van der Waals surface area contributed by atoms with E-state index in [9.17, 15) is 15.0 Å². The molecule has 8 bridgehead atoms. The second-order valence-electron chi connectivity index (χ2n) is 12.0. The smallest absolute Gasteiger partial charge is 0.763 e. The molecule has 0 atom stereocenters. The summed E-state index contributed by atoms with van der Waals surface area (Å²) in [6, 6.07) is 0. The van der Waals surface area contributed by atoms with E-state index in [0.29, 0.717) is 30.0 Å². The number of aliphatic imine (C=N–C) groups is 3. The first-order valence-corrected chi connectivity index (χ1v) is 16.3. The molecule has 0 N–H and O–H groups in total. The van der Waals surface area contributed by atoms with Crippen LogP contribution in [-0.4, -0.2) is 49.2 Å². The monoisotopic (exact) mass is 701 g/mol. The molecular formula is C39H41N5NiO4. The van der Waals surface area contributed by atoms with Gasteiger partial charge in [0.2, 0.25) is 0 Å². The second-order valence-corrected chi connectivity index (χ2v) is 12.0. The Morgan fingerprint density at radius 1 is 0.796 bits per heavy atom. The summed E-state index contributed by atoms with van der Waals surface area (Å²) in [5, 5.41) is 9.61. The maximum absolute atomic E-state index is 12.3. The van der Waals surface area contributed by atoms with Gasteiger partial charge in [-0.05, 0) is 117 Å². The first kappa shape index (κ1) is 37.2. The van der Waals surface area contributed by atoms with Gasteiger partial charge in [0, 0.05) is 12.8 Å². The van der Waals surface area contributed by atoms with Gasteiger partial charge in [-0.1, -0.05) is 31.1 Å². The largest absolute Gasteiger partial charge is 2.00 e. The van der Waals surface area contributed by atoms with Gasteiger partial charge < -0.3 is 19.9 Å². The number of ether oxygens (including phenoxy) is 2. The third-order valence-electron chi connectivity index (χ3n) is 9.45. The third-order valence-corrected chi connectivity index (χ3v) is 9.45. The van der Waals surface area contributed by atoms with Crippen LogP contribution in [0.25, 0.3) is 17.1 Å². The van der Waals surface area contributed by atoms with Crippen LogP contribution < -0.4 is 4.98 Å². The fraction of sp³-hybridized carbons (Fsp3) is 0.359. The van der Waals surface area contributed by atoms with E-state index in [0.717, 1.165) is 91.5 Å². The van der Waals surface area contributed by atoms with Crippen molar-refractivity contribution in [2.24, 2.45) is 15.0 Å². The number of nitrogens with zero attached hydrogens (tertiary/aromatic N) is 5. The van der Waals surface area contributed by atoms with E-state index in [1.807, 2.05) is 26.0 Å². The molecule has 0 radical (unpaired) electrons. The number of carbonyl (C=O) groups excluding carboxylic acids is 2. The number of allylic oxidation sites excluding steroid dienone is 11. The molecule has 0 saturated heterocycles. The van der Waals surface area contributed by atoms with Crippen LogP contribution in [0.4, 0.5) is 0 Å². The number of hydrogen-bond donors (Lipinski definition) is 0. The van der Waals surface area contributed by atoms with E-state index < -0.39 is 0 Å². The summed E-state index contributed by atoms with van der Waals surface area (Å²) in [6.45, 7) is 12.4. The summed E-state index contributed by atoms with van der Waals surface area (Å²) in [4.78, 5) is 45.1. The van der Waals surface area contributed by atoms with Crippen LogP contribution in [0, 0.1) is 6.92 Å². The maximum atomic E-state index is 12.3. The van der Waals surface area contributed by atoms with Gasteiger partial charge in [0.1, 0.15) is 0 Å². The van der Waals surface area contributed by atoms with Crippen molar-refractivity contribution in [3.8, 4) is 0 Å². The van der Waals surface area contributed by atoms with Crippen molar-refractivity contribution >= 4 is 46.6 Å². The van der Waals surface area contributed by atoms with Crippen LogP contribution in [-0.2, 0) is 42.0 Å². The predicted octanol–water partition coefficient (Wildman–Crippen LogP) is 7.44. The summed E-state index contributed by atoms with van der Waals surface area (Å²) in [5.74, 6) is 1.51. The van der Waals surface area contributed by atoms with Crippen LogP contribution in [0.5, 0.6) is 0 Å². The van der Waals surface area contributed by atoms with Crippen molar-refractivity contribution in [1.29, 1.82) is 0 Å². The van der Waals surface area contributed by atoms with Crippen molar-refractivity contribution in [1.82, 2.24) is 4.98 Å². The Hall–Kier alpha value is -4.65. The zero-order chi connectivity index (χ0) is 34.7. The maximum Gasteiger partial charge on any atom is 2.00 e. The summed E-state index contributed by atoms with van der Waals surface area (Å²) in [5.41, 5.74) is 14.8. The van der Waals surface area contributed by atoms with Gasteiger partial charge in [0.05, 0.1) is 48.4 Å². The van der Waals surface area contributed by atoms with Crippen LogP contribution in [0.15, 0.2) is 89.8 Å². The first-order valence-electron chi connectivity index (χ1n) is 16.3. The quantitative estimate of drug-likeness (QED) is 0.150. The van der Waals surface area contributed by atoms with Gasteiger partial charge in [0.25, 0.3) is 0 Å². The second kappa shape index (κ2) is 15.7. The van der Waals surface area contributed by atoms with Gasteiger partial charge >= 0.3 is 28.4 Å². The summed E-state index contributed by atoms with van der Waals surface area (Å²) >= 11 is 0. The molecule has 0 aliphatic carbocycles. The average molecular weight is 702 g/mol. The fourth-order valence-corrected chi connectivity index (χ4v) is 6.68. The van der Waals surface area contributed by atoms with E-state index in [2.05, 4.69) is 39.6 Å². The first-order chi connectivity index (χ1) is 23.1. The molecule has 0 spiro atoms. The van der Waals surface area contributed by atoms with Crippen molar-refractivity contribution in [3.63, 3.8) is 0 Å². The normalized spacial score (nSPS) is 17.6. The van der Waals surface area contributed by atoms with E-state index in [1.54, 1.807) is 6.08 Å². The standard InChI is InChI=1S/C39H41N5O4.Ni/c1-9-25-21(3)30-18-31-23(5)27(13-15-36(45)47-7)34(42-31)20-35-28(14-16-37(46)48-8)24(6)38(44-35)29(12-11-17-40)39-26(10-2)22(4)32(43-39)19-33(25)41-30;/h11-12,18-20H,9-10,13-16H2,1-8H3;/q-2;+2/b29-12+;. The molecule has 1 aromatic heterocycles. The molecule has 5 heterocycles. The zero-order valence-corrected chi connectivity index (χ0v) is 30.3. The van der Waals surface area contributed by atoms with E-state index in [-0.39, 0.29) is 41.3 Å². The van der Waals surface area contributed by atoms with Crippen molar-refractivity contribution < 1.29 is 35.6 Å². The van der Waals surface area contributed by atoms with Gasteiger partial charge in [-0.15, -0.1) is 11.4 Å². The summed E-state index contributed by atoms with van der Waals surface area (Å²) in [6.07, 6.45) is 12.0. The molecule has 10 heteroatoms. The number of methoxy groups -OCH3 is 2. The fourth-order valence-electron chi connectivity index (χ4n) is 6.68. The number of carbonyl (C=O) groups is 2. The number of esters is 2. The Kier molecular flexibility index (Phi) is 11.9. The molecular weight excluding hydrogens is 661 g/mol. The van der Waals surface area contributed by atoms with Crippen LogP contribution in [0.1, 0.15) is 89.2 Å². The summed E-state index contributed by atoms with van der Waals surface area (Å²) < 4.78 is 9.94. The Morgan fingerprint density at radius 3 is 2.02 bits per heavy atom. The van der Waals surface area contributed by atoms with E-state index in [1.165, 1.54) is 20.3 Å². The van der Waals surface area contributed by atoms with E-state index >= 15 is 0 Å². The average Bonchev–Trinajstić information content (AvgIpc) is 3.75. The molecule has 4 aliphatic rings. The molecule has 1 aromatic rings. The van der Waals surface area contributed by atoms with Crippen molar-refractivity contribution in [3.05, 3.63) is 103 Å². The van der Waals surface area contributed by atoms with Gasteiger partial charge in [0.15, 0.2) is 0 Å². The van der Waals surface area contributed by atoms with Crippen LogP contribution >= 0.6 is 0 Å². The van der Waals surface area contributed by atoms with Crippen LogP contribution in [0.2, 0.25) is 0 Å². The Balaban J connectivity index is 0.00000541. The number of fused-ring (bicyclic) bond motifs is 5. The minimum atomic E-state index is -0.321. The SMILES string of the molecule is CCC1=C(C)C2=NC1=Cc1[n-]c(c(CC)c1C)/C(=C/C=C=[N-])C1=NC(=CC3=NC(=C2)C(C)=C3CCC(=O)OC)C(CCC(=O)OC)=C1C.[Ni+2]. The van der Waals surface area contributed by atoms with Gasteiger partial charge in [-0.3, -0.25) is 15.5 Å². The predicted molar refractivity (Wildman–Crippen MR) is 192 cm³/mol. The van der Waals surface area contributed by atoms with Gasteiger partial charge in [-0.25, -0.2) is 15.0 Å². The molecule has 0 amide bonds. The molecule has 4 aliphatic heterocycles. The molecule has 0 saturated carbocycles. The van der Waals surface area contributed by atoms with Crippen LogP contribution in [0.3, 0.4) is 0 Å². The Bertz CT molecular complexity index is 1980. The van der Waals surface area contributed by atoms with E-state index in [4.69, 9.17) is 29.4 Å². The minimum absolute atomic E-state index is 0. The van der Waals surface area contributed by atoms with Crippen molar-refractivity contribution in [2.75, 3.05) is 14.2 Å². The third kappa shape index (κ3) is 7.22. The number of hydrogen-bond acceptors (Lipinski definition) is 7. The molecule has 256 valence electrons. The molecule has 0 unspecified atom stereocenters. The zero-order valence-electron chi connectivity index (χ0n) is 29.3. The molecule has 0 fully saturated rings.